The molecule has 0 aromatic heterocycles. The summed E-state index contributed by atoms with van der Waals surface area (Å²) in [6.07, 6.45) is 7.82. The summed E-state index contributed by atoms with van der Waals surface area (Å²) < 4.78 is 0. The van der Waals surface area contributed by atoms with Crippen molar-refractivity contribution in [2.45, 2.75) is 12.8 Å². The molecule has 1 heterocycles. The number of para-hydroxylation sites is 1. The van der Waals surface area contributed by atoms with Crippen LogP contribution in [0.1, 0.15) is 12.8 Å². The summed E-state index contributed by atoms with van der Waals surface area (Å²) in [6, 6.07) is 10.8. The summed E-state index contributed by atoms with van der Waals surface area (Å²) in [5.74, 6) is 2.75. The third-order valence-electron chi connectivity index (χ3n) is 5.40. The topological polar surface area (TPSA) is 6.48 Å². The van der Waals surface area contributed by atoms with Gasteiger partial charge in [0.1, 0.15) is 0 Å². The molecule has 0 amide bonds. The van der Waals surface area contributed by atoms with Gasteiger partial charge in [0.25, 0.3) is 0 Å². The van der Waals surface area contributed by atoms with Crippen molar-refractivity contribution in [1.29, 1.82) is 0 Å². The van der Waals surface area contributed by atoms with Crippen LogP contribution in [0.5, 0.6) is 0 Å². The van der Waals surface area contributed by atoms with Gasteiger partial charge in [0, 0.05) is 38.4 Å². The van der Waals surface area contributed by atoms with Gasteiger partial charge in [-0.05, 0) is 42.7 Å². The van der Waals surface area contributed by atoms with Crippen LogP contribution in [0.25, 0.3) is 0 Å². The highest BCUT2D eigenvalue weighted by molar-refractivity contribution is 5.46. The summed E-state index contributed by atoms with van der Waals surface area (Å²) in [5.41, 5.74) is 1.38. The molecule has 1 aromatic rings. The van der Waals surface area contributed by atoms with E-state index in [1.807, 2.05) is 0 Å². The van der Waals surface area contributed by atoms with Gasteiger partial charge in [0.05, 0.1) is 0 Å². The van der Waals surface area contributed by atoms with Gasteiger partial charge in [-0.3, -0.25) is 4.90 Å². The number of nitrogens with zero attached hydrogens (tertiary/aromatic N) is 2. The number of fused-ring (bicyclic) bond motifs is 2. The molecule has 1 aromatic carbocycles. The van der Waals surface area contributed by atoms with Gasteiger partial charge < -0.3 is 4.90 Å². The molecule has 2 bridgehead atoms. The summed E-state index contributed by atoms with van der Waals surface area (Å²) in [5, 5.41) is 0. The Hall–Kier alpha value is -1.28. The van der Waals surface area contributed by atoms with E-state index in [0.717, 1.165) is 17.8 Å². The normalized spacial score (nSPS) is 33.0. The highest BCUT2D eigenvalue weighted by Crippen LogP contribution is 2.43. The number of allylic oxidation sites excluding steroid dienone is 2. The first-order chi connectivity index (χ1) is 9.88. The maximum absolute atomic E-state index is 2.69. The number of anilines is 1. The average Bonchev–Trinajstić information content (AvgIpc) is 3.12. The molecule has 0 N–H and O–H groups in total. The highest BCUT2D eigenvalue weighted by Gasteiger charge is 2.36. The lowest BCUT2D eigenvalue weighted by molar-refractivity contribution is 0.204. The van der Waals surface area contributed by atoms with Crippen LogP contribution >= 0.6 is 0 Å². The Balaban J connectivity index is 1.31. The molecular weight excluding hydrogens is 244 g/mol. The summed E-state index contributed by atoms with van der Waals surface area (Å²) in [4.78, 5) is 5.22. The van der Waals surface area contributed by atoms with Crippen LogP contribution in [0.3, 0.4) is 0 Å². The Morgan fingerprint density at radius 3 is 2.35 bits per heavy atom. The van der Waals surface area contributed by atoms with E-state index in [9.17, 15) is 0 Å². The lowest BCUT2D eigenvalue weighted by atomic mass is 9.93. The van der Waals surface area contributed by atoms with Crippen molar-refractivity contribution in [2.75, 3.05) is 37.6 Å². The van der Waals surface area contributed by atoms with E-state index in [0.29, 0.717) is 0 Å². The van der Waals surface area contributed by atoms with Gasteiger partial charge in [-0.1, -0.05) is 30.4 Å². The van der Waals surface area contributed by atoms with Gasteiger partial charge in [0.2, 0.25) is 0 Å². The predicted octanol–water partition coefficient (Wildman–Crippen LogP) is 3.02. The zero-order chi connectivity index (χ0) is 13.4. The van der Waals surface area contributed by atoms with Crippen molar-refractivity contribution in [3.63, 3.8) is 0 Å². The fraction of sp³-hybridized carbons (Fsp3) is 0.556. The van der Waals surface area contributed by atoms with Gasteiger partial charge in [0.15, 0.2) is 0 Å². The van der Waals surface area contributed by atoms with Crippen LogP contribution in [0.4, 0.5) is 5.69 Å². The van der Waals surface area contributed by atoms with Crippen LogP contribution in [0.2, 0.25) is 0 Å². The third-order valence-corrected chi connectivity index (χ3v) is 5.40. The average molecular weight is 268 g/mol. The van der Waals surface area contributed by atoms with Crippen molar-refractivity contribution in [2.24, 2.45) is 17.8 Å². The predicted molar refractivity (Wildman–Crippen MR) is 83.9 cm³/mol. The third kappa shape index (κ3) is 2.37. The van der Waals surface area contributed by atoms with Crippen LogP contribution in [-0.4, -0.2) is 37.6 Å². The molecule has 2 nitrogen and oxygen atoms in total. The molecule has 0 spiro atoms. The van der Waals surface area contributed by atoms with Crippen LogP contribution < -0.4 is 4.90 Å². The molecule has 0 radical (unpaired) electrons. The number of benzene rings is 1. The van der Waals surface area contributed by atoms with Gasteiger partial charge in [-0.15, -0.1) is 0 Å². The van der Waals surface area contributed by atoms with Gasteiger partial charge in [-0.2, -0.15) is 0 Å². The Kier molecular flexibility index (Phi) is 3.27. The molecule has 2 fully saturated rings. The van der Waals surface area contributed by atoms with Gasteiger partial charge in [-0.25, -0.2) is 0 Å². The first kappa shape index (κ1) is 12.5. The summed E-state index contributed by atoms with van der Waals surface area (Å²) >= 11 is 0. The van der Waals surface area contributed by atoms with E-state index in [2.05, 4.69) is 52.3 Å². The number of rotatable bonds is 3. The largest absolute Gasteiger partial charge is 0.369 e. The minimum absolute atomic E-state index is 0.896. The zero-order valence-electron chi connectivity index (χ0n) is 12.1. The van der Waals surface area contributed by atoms with E-state index in [4.69, 9.17) is 0 Å². The maximum Gasteiger partial charge on any atom is 0.0367 e. The maximum atomic E-state index is 2.69. The Labute approximate surface area is 122 Å². The van der Waals surface area contributed by atoms with Crippen LogP contribution in [0.15, 0.2) is 42.5 Å². The fourth-order valence-electron chi connectivity index (χ4n) is 4.26. The molecule has 1 saturated heterocycles. The summed E-state index contributed by atoms with van der Waals surface area (Å²) in [7, 11) is 0. The van der Waals surface area contributed by atoms with E-state index < -0.39 is 0 Å². The van der Waals surface area contributed by atoms with Gasteiger partial charge >= 0.3 is 0 Å². The molecule has 20 heavy (non-hydrogen) atoms. The molecule has 106 valence electrons. The van der Waals surface area contributed by atoms with Crippen molar-refractivity contribution in [3.8, 4) is 0 Å². The molecule has 3 aliphatic rings. The molecule has 2 heteroatoms. The SMILES string of the molecule is C1=C[C@H]2C[C@H]1C[C@@H]2CN1CCN(c2ccccc2)CC1. The van der Waals surface area contributed by atoms with E-state index in [1.165, 1.54) is 51.3 Å². The Morgan fingerprint density at radius 1 is 0.900 bits per heavy atom. The minimum Gasteiger partial charge on any atom is -0.369 e. The van der Waals surface area contributed by atoms with Crippen LogP contribution in [0, 0.1) is 17.8 Å². The van der Waals surface area contributed by atoms with Crippen molar-refractivity contribution in [3.05, 3.63) is 42.5 Å². The number of hydrogen-bond acceptors (Lipinski definition) is 2. The molecular formula is C18H24N2. The second kappa shape index (κ2) is 5.25. The molecule has 2 aliphatic carbocycles. The van der Waals surface area contributed by atoms with E-state index in [1.54, 1.807) is 0 Å². The second-order valence-electron chi connectivity index (χ2n) is 6.66. The minimum atomic E-state index is 0.896. The quantitative estimate of drug-likeness (QED) is 0.778. The van der Waals surface area contributed by atoms with Crippen molar-refractivity contribution in [1.82, 2.24) is 4.90 Å². The first-order valence-corrected chi connectivity index (χ1v) is 8.09. The standard InChI is InChI=1S/C18H24N2/c1-2-4-18(5-3-1)20-10-8-19(9-11-20)14-17-13-15-6-7-16(17)12-15/h1-7,15-17H,8-14H2/t15-,16-,17+/m0/s1. The fourth-order valence-corrected chi connectivity index (χ4v) is 4.26. The lowest BCUT2D eigenvalue weighted by Crippen LogP contribution is -2.48. The molecule has 1 aliphatic heterocycles. The lowest BCUT2D eigenvalue weighted by Gasteiger charge is -2.38. The Bertz CT molecular complexity index is 473. The highest BCUT2D eigenvalue weighted by atomic mass is 15.3. The molecule has 1 saturated carbocycles. The van der Waals surface area contributed by atoms with Crippen LogP contribution in [-0.2, 0) is 0 Å². The Morgan fingerprint density at radius 2 is 1.70 bits per heavy atom. The number of piperazine rings is 1. The molecule has 4 rings (SSSR count). The smallest absolute Gasteiger partial charge is 0.0367 e. The zero-order valence-corrected chi connectivity index (χ0v) is 12.1. The van der Waals surface area contributed by atoms with E-state index >= 15 is 0 Å². The number of hydrogen-bond donors (Lipinski definition) is 0. The molecule has 3 atom stereocenters. The first-order valence-electron chi connectivity index (χ1n) is 8.09. The monoisotopic (exact) mass is 268 g/mol. The molecule has 0 unspecified atom stereocenters. The van der Waals surface area contributed by atoms with Crippen molar-refractivity contribution >= 4 is 5.69 Å². The summed E-state index contributed by atoms with van der Waals surface area (Å²) in [6.45, 7) is 6.15. The van der Waals surface area contributed by atoms with E-state index in [-0.39, 0.29) is 0 Å². The second-order valence-corrected chi connectivity index (χ2v) is 6.66. The van der Waals surface area contributed by atoms with Crippen molar-refractivity contribution < 1.29 is 0 Å².